The second-order valence-electron chi connectivity index (χ2n) is 22.8. The fourth-order valence-corrected chi connectivity index (χ4v) is 13.6. The summed E-state index contributed by atoms with van der Waals surface area (Å²) in [5, 5.41) is 10.1. The molecule has 0 N–H and O–H groups in total. The zero-order chi connectivity index (χ0) is 55.2. The molecule has 0 amide bonds. The average Bonchev–Trinajstić information content (AvgIpc) is 4.25. The van der Waals surface area contributed by atoms with Crippen molar-refractivity contribution in [3.8, 4) is 72.4 Å². The van der Waals surface area contributed by atoms with Gasteiger partial charge in [0.05, 0.1) is 11.0 Å². The number of hydrogen-bond donors (Lipinski definition) is 0. The standard InChI is InChI=1S/C81H56N2/c1-81(2)77-27-14-13-26-72(77)73-45-43-66(52-78(73)81)82(63-39-32-56(33-40-63)54-18-7-4-8-19-54)64-41-34-58(35-42-64)61-38-47-80-76(51-61)75-50-60(57-30-28-55(29-31-57)53-16-5-3-6-17-53)37-46-79(75)83(80)65-21-15-20-59(48-65)62-36-44-71-69-24-10-9-22-67(69)68-23-11-12-25-70(68)74(71)49-62/h3-52H,1-2H3. The lowest BCUT2D eigenvalue weighted by molar-refractivity contribution is 0.660. The summed E-state index contributed by atoms with van der Waals surface area (Å²) in [6.45, 7) is 4.72. The van der Waals surface area contributed by atoms with Gasteiger partial charge in [0.25, 0.3) is 0 Å². The zero-order valence-electron chi connectivity index (χ0n) is 46.3. The lowest BCUT2D eigenvalue weighted by atomic mass is 9.82. The van der Waals surface area contributed by atoms with Crippen molar-refractivity contribution in [3.05, 3.63) is 314 Å². The SMILES string of the molecule is CC1(C)c2ccccc2-c2ccc(N(c3ccc(-c4ccccc4)cc3)c3ccc(-c4ccc5c(c4)c4cc(-c6ccc(-c7ccccc7)cc6)ccc4n5-c4cccc(-c5ccc6c7ccccc7c7ccccc7c6c5)c4)cc3)cc21. The van der Waals surface area contributed by atoms with E-state index in [9.17, 15) is 0 Å². The molecule has 0 atom stereocenters. The summed E-state index contributed by atoms with van der Waals surface area (Å²) in [6.07, 6.45) is 0. The van der Waals surface area contributed by atoms with Crippen molar-refractivity contribution >= 4 is 71.2 Å². The van der Waals surface area contributed by atoms with Crippen LogP contribution >= 0.6 is 0 Å². The van der Waals surface area contributed by atoms with Crippen LogP contribution in [0.2, 0.25) is 0 Å². The number of fused-ring (bicyclic) bond motifs is 12. The monoisotopic (exact) mass is 1060 g/mol. The maximum absolute atomic E-state index is 2.46. The van der Waals surface area contributed by atoms with Gasteiger partial charge in [-0.3, -0.25) is 0 Å². The van der Waals surface area contributed by atoms with E-state index in [1.807, 2.05) is 0 Å². The van der Waals surface area contributed by atoms with Crippen molar-refractivity contribution in [1.82, 2.24) is 4.57 Å². The maximum Gasteiger partial charge on any atom is 0.0541 e. The molecule has 2 heteroatoms. The van der Waals surface area contributed by atoms with Crippen molar-refractivity contribution in [2.24, 2.45) is 0 Å². The number of anilines is 3. The predicted octanol–water partition coefficient (Wildman–Crippen LogP) is 22.4. The molecular weight excluding hydrogens is 1000 g/mol. The summed E-state index contributed by atoms with van der Waals surface area (Å²) >= 11 is 0. The third-order valence-corrected chi connectivity index (χ3v) is 17.8. The zero-order valence-corrected chi connectivity index (χ0v) is 46.3. The molecule has 0 saturated carbocycles. The Kier molecular flexibility index (Phi) is 11.3. The minimum atomic E-state index is -0.129. The van der Waals surface area contributed by atoms with Crippen LogP contribution in [0.4, 0.5) is 17.1 Å². The highest BCUT2D eigenvalue weighted by molar-refractivity contribution is 6.26. The van der Waals surface area contributed by atoms with E-state index < -0.39 is 0 Å². The minimum absolute atomic E-state index is 0.129. The highest BCUT2D eigenvalue weighted by Gasteiger charge is 2.36. The van der Waals surface area contributed by atoms with Gasteiger partial charge in [0.1, 0.15) is 0 Å². The van der Waals surface area contributed by atoms with Crippen LogP contribution in [0.1, 0.15) is 25.0 Å². The Morgan fingerprint density at radius 3 is 1.18 bits per heavy atom. The molecule has 390 valence electrons. The highest BCUT2D eigenvalue weighted by Crippen LogP contribution is 2.51. The van der Waals surface area contributed by atoms with E-state index in [0.29, 0.717) is 0 Å². The van der Waals surface area contributed by atoms with E-state index in [-0.39, 0.29) is 5.41 Å². The van der Waals surface area contributed by atoms with E-state index in [1.54, 1.807) is 0 Å². The van der Waals surface area contributed by atoms with Crippen LogP contribution in [-0.4, -0.2) is 4.57 Å². The Morgan fingerprint density at radius 2 is 0.614 bits per heavy atom. The second-order valence-corrected chi connectivity index (χ2v) is 22.8. The first-order chi connectivity index (χ1) is 40.9. The van der Waals surface area contributed by atoms with Gasteiger partial charge in [-0.05, 0) is 189 Å². The van der Waals surface area contributed by atoms with Gasteiger partial charge in [0.2, 0.25) is 0 Å². The van der Waals surface area contributed by atoms with Crippen LogP contribution in [-0.2, 0) is 5.41 Å². The van der Waals surface area contributed by atoms with Gasteiger partial charge in [-0.1, -0.05) is 238 Å². The largest absolute Gasteiger partial charge is 0.310 e. The Morgan fingerprint density at radius 1 is 0.241 bits per heavy atom. The molecule has 2 nitrogen and oxygen atoms in total. The lowest BCUT2D eigenvalue weighted by Gasteiger charge is -2.28. The topological polar surface area (TPSA) is 8.17 Å². The summed E-state index contributed by atoms with van der Waals surface area (Å²) in [4.78, 5) is 2.42. The van der Waals surface area contributed by atoms with Gasteiger partial charge in [0.15, 0.2) is 0 Å². The molecule has 0 spiro atoms. The predicted molar refractivity (Wildman–Crippen MR) is 353 cm³/mol. The van der Waals surface area contributed by atoms with Gasteiger partial charge in [-0.25, -0.2) is 0 Å². The minimum Gasteiger partial charge on any atom is -0.310 e. The van der Waals surface area contributed by atoms with E-state index in [4.69, 9.17) is 0 Å². The molecule has 83 heavy (non-hydrogen) atoms. The first-order valence-electron chi connectivity index (χ1n) is 28.9. The summed E-state index contributed by atoms with van der Waals surface area (Å²) in [6, 6.07) is 112. The fraction of sp³-hybridized carbons (Fsp3) is 0.0370. The van der Waals surface area contributed by atoms with Gasteiger partial charge >= 0.3 is 0 Å². The molecule has 0 fully saturated rings. The average molecular weight is 1060 g/mol. The first-order valence-corrected chi connectivity index (χ1v) is 28.9. The van der Waals surface area contributed by atoms with E-state index >= 15 is 0 Å². The van der Waals surface area contributed by atoms with Gasteiger partial charge in [-0.2, -0.15) is 0 Å². The van der Waals surface area contributed by atoms with E-state index in [1.165, 1.54) is 121 Å². The fourth-order valence-electron chi connectivity index (χ4n) is 13.6. The molecule has 0 radical (unpaired) electrons. The van der Waals surface area contributed by atoms with E-state index in [0.717, 1.165) is 33.8 Å². The summed E-state index contributed by atoms with van der Waals surface area (Å²) in [5.74, 6) is 0. The van der Waals surface area contributed by atoms with Crippen molar-refractivity contribution in [1.29, 1.82) is 0 Å². The number of hydrogen-bond acceptors (Lipinski definition) is 1. The molecule has 0 unspecified atom stereocenters. The van der Waals surface area contributed by atoms with Gasteiger partial charge < -0.3 is 9.47 Å². The lowest BCUT2D eigenvalue weighted by Crippen LogP contribution is -2.16. The number of nitrogens with zero attached hydrogens (tertiary/aromatic N) is 2. The third kappa shape index (κ3) is 8.09. The summed E-state index contributed by atoms with van der Waals surface area (Å²) in [5.41, 5.74) is 23.9. The molecule has 0 saturated heterocycles. The second kappa shape index (κ2) is 19.3. The van der Waals surface area contributed by atoms with E-state index in [2.05, 4.69) is 327 Å². The quantitative estimate of drug-likeness (QED) is 0.131. The van der Waals surface area contributed by atoms with Crippen molar-refractivity contribution in [2.45, 2.75) is 19.3 Å². The number of aromatic nitrogens is 1. The van der Waals surface area contributed by atoms with Crippen molar-refractivity contribution in [3.63, 3.8) is 0 Å². The first kappa shape index (κ1) is 48.4. The van der Waals surface area contributed by atoms with Crippen LogP contribution in [0.5, 0.6) is 0 Å². The van der Waals surface area contributed by atoms with Crippen molar-refractivity contribution < 1.29 is 0 Å². The third-order valence-electron chi connectivity index (χ3n) is 17.8. The van der Waals surface area contributed by atoms with Gasteiger partial charge in [0, 0.05) is 38.9 Å². The number of rotatable bonds is 9. The Balaban J connectivity index is 0.813. The molecule has 0 bridgehead atoms. The van der Waals surface area contributed by atoms with Crippen LogP contribution < -0.4 is 4.90 Å². The molecular formula is C81H56N2. The normalized spacial score (nSPS) is 12.6. The summed E-state index contributed by atoms with van der Waals surface area (Å²) < 4.78 is 2.46. The Hall–Kier alpha value is -10.5. The van der Waals surface area contributed by atoms with Crippen LogP contribution in [0.25, 0.3) is 127 Å². The van der Waals surface area contributed by atoms with Crippen LogP contribution in [0.3, 0.4) is 0 Å². The van der Waals surface area contributed by atoms with Crippen LogP contribution in [0, 0.1) is 0 Å². The van der Waals surface area contributed by atoms with Crippen LogP contribution in [0.15, 0.2) is 303 Å². The van der Waals surface area contributed by atoms with Gasteiger partial charge in [-0.15, -0.1) is 0 Å². The molecule has 1 aliphatic rings. The molecule has 16 rings (SSSR count). The smallest absolute Gasteiger partial charge is 0.0541 e. The molecule has 1 heterocycles. The molecule has 1 aromatic heterocycles. The summed E-state index contributed by atoms with van der Waals surface area (Å²) in [7, 11) is 0. The Labute approximate surface area is 484 Å². The maximum atomic E-state index is 2.46. The Bertz CT molecular complexity index is 4980. The highest BCUT2D eigenvalue weighted by atomic mass is 15.1. The van der Waals surface area contributed by atoms with Crippen molar-refractivity contribution in [2.75, 3.05) is 4.90 Å². The molecule has 0 aliphatic heterocycles. The molecule has 14 aromatic carbocycles. The molecule has 15 aromatic rings. The number of benzene rings is 14. The molecule has 1 aliphatic carbocycles.